The van der Waals surface area contributed by atoms with Crippen LogP contribution in [0, 0.1) is 0 Å². The average molecular weight is 702 g/mol. The lowest BCUT2D eigenvalue weighted by Gasteiger charge is -2.20. The number of allylic oxidation sites excluding steroid dienone is 4. The van der Waals surface area contributed by atoms with Crippen LogP contribution in [0.25, 0.3) is 0 Å². The number of hydrogen-bond acceptors (Lipinski definition) is 7. The van der Waals surface area contributed by atoms with E-state index in [1.165, 1.54) is 122 Å². The van der Waals surface area contributed by atoms with E-state index >= 15 is 0 Å². The molecule has 0 aliphatic heterocycles. The fourth-order valence-corrected chi connectivity index (χ4v) is 6.20. The summed E-state index contributed by atoms with van der Waals surface area (Å²) in [5.74, 6) is -0.333. The smallest absolute Gasteiger partial charge is 0.457 e. The minimum atomic E-state index is -4.27. The Labute approximate surface area is 296 Å². The maximum atomic E-state index is 12.5. The van der Waals surface area contributed by atoms with Gasteiger partial charge in [-0.2, -0.15) is 0 Å². The SMILES string of the molecule is CCCCC/C=C\C/C=C\CCCCCCCCCCOCC(COP(=O)(O)OCCN)OC(=O)CCCCCCCCCCCCC. The Bertz CT molecular complexity index is 792. The maximum Gasteiger partial charge on any atom is 0.472 e. The minimum Gasteiger partial charge on any atom is -0.457 e. The molecule has 3 N–H and O–H groups in total. The van der Waals surface area contributed by atoms with Crippen LogP contribution in [0.2, 0.25) is 0 Å². The van der Waals surface area contributed by atoms with Crippen LogP contribution < -0.4 is 5.73 Å². The van der Waals surface area contributed by atoms with Crippen molar-refractivity contribution in [1.82, 2.24) is 0 Å². The number of phosphoric acid groups is 1. The van der Waals surface area contributed by atoms with Crippen LogP contribution in [0.15, 0.2) is 24.3 Å². The third kappa shape index (κ3) is 36.3. The van der Waals surface area contributed by atoms with Crippen molar-refractivity contribution < 1.29 is 32.8 Å². The van der Waals surface area contributed by atoms with Crippen LogP contribution in [0.3, 0.4) is 0 Å². The molecule has 0 spiro atoms. The third-order valence-corrected chi connectivity index (χ3v) is 9.36. The van der Waals surface area contributed by atoms with Crippen molar-refractivity contribution in [2.75, 3.05) is 33.0 Å². The predicted molar refractivity (Wildman–Crippen MR) is 201 cm³/mol. The van der Waals surface area contributed by atoms with Crippen LogP contribution in [0.5, 0.6) is 0 Å². The molecule has 0 aromatic rings. The Kier molecular flexibility index (Phi) is 36.4. The first-order valence-electron chi connectivity index (χ1n) is 19.8. The van der Waals surface area contributed by atoms with Crippen molar-refractivity contribution >= 4 is 13.8 Å². The van der Waals surface area contributed by atoms with Gasteiger partial charge in [0.2, 0.25) is 0 Å². The van der Waals surface area contributed by atoms with E-state index in [2.05, 4.69) is 38.2 Å². The van der Waals surface area contributed by atoms with Crippen molar-refractivity contribution in [3.63, 3.8) is 0 Å². The van der Waals surface area contributed by atoms with Crippen LogP contribution >= 0.6 is 7.82 Å². The molecule has 0 aromatic carbocycles. The number of carbonyl (C=O) groups is 1. The normalized spacial score (nSPS) is 13.8. The van der Waals surface area contributed by atoms with Crippen molar-refractivity contribution in [2.24, 2.45) is 5.73 Å². The molecule has 0 aliphatic carbocycles. The Balaban J connectivity index is 4.03. The highest BCUT2D eigenvalue weighted by molar-refractivity contribution is 7.47. The molecule has 0 saturated heterocycles. The molecular formula is C39H76NO7P. The monoisotopic (exact) mass is 702 g/mol. The van der Waals surface area contributed by atoms with Gasteiger partial charge in [0, 0.05) is 19.6 Å². The summed E-state index contributed by atoms with van der Waals surface area (Å²) >= 11 is 0. The van der Waals surface area contributed by atoms with Crippen molar-refractivity contribution in [3.8, 4) is 0 Å². The van der Waals surface area contributed by atoms with E-state index in [1.54, 1.807) is 0 Å². The lowest BCUT2D eigenvalue weighted by Crippen LogP contribution is -2.28. The van der Waals surface area contributed by atoms with Crippen LogP contribution in [0.1, 0.15) is 181 Å². The van der Waals surface area contributed by atoms with E-state index in [1.807, 2.05) is 0 Å². The lowest BCUT2D eigenvalue weighted by molar-refractivity contribution is -0.154. The molecule has 9 heteroatoms. The van der Waals surface area contributed by atoms with Crippen molar-refractivity contribution in [2.45, 2.75) is 187 Å². The summed E-state index contributed by atoms with van der Waals surface area (Å²) in [5, 5.41) is 0. The van der Waals surface area contributed by atoms with E-state index in [-0.39, 0.29) is 32.3 Å². The largest absolute Gasteiger partial charge is 0.472 e. The molecule has 2 atom stereocenters. The Morgan fingerprint density at radius 3 is 1.67 bits per heavy atom. The summed E-state index contributed by atoms with van der Waals surface area (Å²) in [6.07, 6.45) is 39.0. The van der Waals surface area contributed by atoms with Gasteiger partial charge < -0.3 is 20.1 Å². The molecule has 8 nitrogen and oxygen atoms in total. The summed E-state index contributed by atoms with van der Waals surface area (Å²) in [4.78, 5) is 22.4. The van der Waals surface area contributed by atoms with Gasteiger partial charge in [-0.3, -0.25) is 13.8 Å². The zero-order chi connectivity index (χ0) is 35.2. The van der Waals surface area contributed by atoms with Crippen molar-refractivity contribution in [1.29, 1.82) is 0 Å². The molecule has 48 heavy (non-hydrogen) atoms. The van der Waals surface area contributed by atoms with Gasteiger partial charge in [0.15, 0.2) is 0 Å². The van der Waals surface area contributed by atoms with E-state index in [9.17, 15) is 14.3 Å². The number of unbranched alkanes of at least 4 members (excludes halogenated alkanes) is 21. The summed E-state index contributed by atoms with van der Waals surface area (Å²) < 4.78 is 33.3. The standard InChI is InChI=1S/C39H76NO7P/c1-3-5-7-9-11-13-15-16-17-18-19-20-21-23-25-27-29-31-34-44-36-38(37-46-48(42,43)45-35-33-40)47-39(41)32-30-28-26-24-22-14-12-10-8-6-4-2/h11,13,16-17,38H,3-10,12,14-15,18-37,40H2,1-2H3,(H,42,43)/b13-11-,17-16-. The fourth-order valence-electron chi connectivity index (χ4n) is 5.44. The molecule has 0 bridgehead atoms. The predicted octanol–water partition coefficient (Wildman–Crippen LogP) is 11.3. The molecule has 0 fully saturated rings. The van der Waals surface area contributed by atoms with Crippen molar-refractivity contribution in [3.05, 3.63) is 24.3 Å². The van der Waals surface area contributed by atoms with Gasteiger partial charge in [-0.05, 0) is 44.9 Å². The lowest BCUT2D eigenvalue weighted by atomic mass is 10.1. The molecule has 284 valence electrons. The number of phosphoric ester groups is 1. The van der Waals surface area contributed by atoms with Gasteiger partial charge in [0.05, 0.1) is 19.8 Å². The number of esters is 1. The molecular weight excluding hydrogens is 625 g/mol. The zero-order valence-electron chi connectivity index (χ0n) is 31.2. The summed E-state index contributed by atoms with van der Waals surface area (Å²) in [6.45, 7) is 4.89. The second kappa shape index (κ2) is 37.2. The zero-order valence-corrected chi connectivity index (χ0v) is 32.1. The molecule has 0 heterocycles. The number of hydrogen-bond donors (Lipinski definition) is 2. The molecule has 0 amide bonds. The Morgan fingerprint density at radius 2 is 1.10 bits per heavy atom. The van der Waals surface area contributed by atoms with Gasteiger partial charge in [-0.15, -0.1) is 0 Å². The second-order valence-electron chi connectivity index (χ2n) is 13.1. The molecule has 0 saturated carbocycles. The van der Waals surface area contributed by atoms with E-state index in [0.717, 1.165) is 38.5 Å². The number of rotatable bonds is 38. The first kappa shape index (κ1) is 47.0. The van der Waals surface area contributed by atoms with Gasteiger partial charge in [-0.25, -0.2) is 4.57 Å². The van der Waals surface area contributed by atoms with Crippen LogP contribution in [0.4, 0.5) is 0 Å². The fraction of sp³-hybridized carbons (Fsp3) is 0.872. The topological polar surface area (TPSA) is 117 Å². The van der Waals surface area contributed by atoms with Gasteiger partial charge in [0.25, 0.3) is 0 Å². The molecule has 0 aliphatic rings. The van der Waals surface area contributed by atoms with Gasteiger partial charge in [0.1, 0.15) is 6.10 Å². The number of ether oxygens (including phenoxy) is 2. The Hall–Kier alpha value is -1.02. The maximum absolute atomic E-state index is 12.5. The van der Waals surface area contributed by atoms with E-state index in [0.29, 0.717) is 13.0 Å². The molecule has 0 radical (unpaired) electrons. The summed E-state index contributed by atoms with van der Waals surface area (Å²) in [5.41, 5.74) is 5.35. The second-order valence-corrected chi connectivity index (χ2v) is 14.6. The quantitative estimate of drug-likeness (QED) is 0.0283. The van der Waals surface area contributed by atoms with Crippen LogP contribution in [-0.4, -0.2) is 49.9 Å². The number of nitrogens with two attached hydrogens (primary N) is 1. The van der Waals surface area contributed by atoms with Gasteiger partial charge in [-0.1, -0.05) is 154 Å². The minimum absolute atomic E-state index is 0.0949. The number of carbonyl (C=O) groups excluding carboxylic acids is 1. The average Bonchev–Trinajstić information content (AvgIpc) is 3.07. The molecule has 0 rings (SSSR count). The van der Waals surface area contributed by atoms with Gasteiger partial charge >= 0.3 is 13.8 Å². The molecule has 2 unspecified atom stereocenters. The molecule has 0 aromatic heterocycles. The highest BCUT2D eigenvalue weighted by Gasteiger charge is 2.25. The highest BCUT2D eigenvalue weighted by Crippen LogP contribution is 2.43. The highest BCUT2D eigenvalue weighted by atomic mass is 31.2. The first-order chi connectivity index (χ1) is 23.4. The van der Waals surface area contributed by atoms with E-state index < -0.39 is 13.9 Å². The summed E-state index contributed by atoms with van der Waals surface area (Å²) in [6, 6.07) is 0. The third-order valence-electron chi connectivity index (χ3n) is 8.37. The van der Waals surface area contributed by atoms with E-state index in [4.69, 9.17) is 24.3 Å². The Morgan fingerprint density at radius 1 is 0.625 bits per heavy atom. The summed E-state index contributed by atoms with van der Waals surface area (Å²) in [7, 11) is -4.27. The first-order valence-corrected chi connectivity index (χ1v) is 21.3. The van der Waals surface area contributed by atoms with Crippen LogP contribution in [-0.2, 0) is 27.9 Å².